The Kier molecular flexibility index (Phi) is 3.88. The van der Waals surface area contributed by atoms with Crippen LogP contribution in [0.25, 0.3) is 11.2 Å². The molecule has 4 nitrogen and oxygen atoms in total. The number of fused-ring (bicyclic) bond motifs is 1. The van der Waals surface area contributed by atoms with E-state index in [9.17, 15) is 0 Å². The van der Waals surface area contributed by atoms with Crippen LogP contribution in [0.1, 0.15) is 35.9 Å². The van der Waals surface area contributed by atoms with Crippen molar-refractivity contribution in [2.45, 2.75) is 33.2 Å². The molecule has 0 unspecified atom stereocenters. The zero-order valence-corrected chi connectivity index (χ0v) is 12.9. The van der Waals surface area contributed by atoms with E-state index in [2.05, 4.69) is 28.6 Å². The Morgan fingerprint density at radius 2 is 2.14 bits per heavy atom. The van der Waals surface area contributed by atoms with E-state index in [1.807, 2.05) is 37.4 Å². The lowest BCUT2D eigenvalue weighted by Crippen LogP contribution is -2.06. The van der Waals surface area contributed by atoms with E-state index in [0.717, 1.165) is 41.0 Å². The summed E-state index contributed by atoms with van der Waals surface area (Å²) in [4.78, 5) is 9.30. The van der Waals surface area contributed by atoms with Crippen LogP contribution in [-0.2, 0) is 13.0 Å². The highest BCUT2D eigenvalue weighted by Gasteiger charge is 2.12. The van der Waals surface area contributed by atoms with Crippen molar-refractivity contribution >= 4 is 11.2 Å². The molecule has 0 spiro atoms. The first-order valence-electron chi connectivity index (χ1n) is 7.52. The zero-order valence-electron chi connectivity index (χ0n) is 12.9. The lowest BCUT2D eigenvalue weighted by Gasteiger charge is -2.08. The minimum absolute atomic E-state index is 0.683. The van der Waals surface area contributed by atoms with Crippen molar-refractivity contribution in [2.75, 3.05) is 0 Å². The van der Waals surface area contributed by atoms with Gasteiger partial charge in [0.1, 0.15) is 11.3 Å². The van der Waals surface area contributed by atoms with Crippen LogP contribution in [0.2, 0.25) is 0 Å². The summed E-state index contributed by atoms with van der Waals surface area (Å²) in [5, 5.41) is 9.05. The number of nitrogens with zero attached hydrogens (tertiary/aromatic N) is 4. The van der Waals surface area contributed by atoms with Gasteiger partial charge in [-0.3, -0.25) is 0 Å². The lowest BCUT2D eigenvalue weighted by atomic mass is 10.1. The van der Waals surface area contributed by atoms with Crippen LogP contribution in [-0.4, -0.2) is 14.5 Å². The molecule has 110 valence electrons. The molecule has 0 fully saturated rings. The summed E-state index contributed by atoms with van der Waals surface area (Å²) in [6.45, 7) is 4.87. The summed E-state index contributed by atoms with van der Waals surface area (Å²) in [7, 11) is 0. The summed E-state index contributed by atoms with van der Waals surface area (Å²) >= 11 is 0. The smallest absolute Gasteiger partial charge is 0.160 e. The van der Waals surface area contributed by atoms with Gasteiger partial charge in [-0.2, -0.15) is 5.26 Å². The number of aryl methyl sites for hydroxylation is 2. The van der Waals surface area contributed by atoms with Crippen LogP contribution in [0.3, 0.4) is 0 Å². The molecule has 22 heavy (non-hydrogen) atoms. The Hall–Kier alpha value is -2.67. The number of benzene rings is 1. The fourth-order valence-electron chi connectivity index (χ4n) is 2.66. The third-order valence-electron chi connectivity index (χ3n) is 3.67. The first-order chi connectivity index (χ1) is 10.7. The fraction of sp³-hybridized carbons (Fsp3) is 0.278. The van der Waals surface area contributed by atoms with Crippen LogP contribution in [0.4, 0.5) is 0 Å². The Balaban J connectivity index is 2.07. The SMILES string of the molecule is CCCc1nc2cc(C)cnc2n1Cc1cccc(C#N)c1. The molecular formula is C18H18N4. The maximum Gasteiger partial charge on any atom is 0.160 e. The quantitative estimate of drug-likeness (QED) is 0.737. The minimum Gasteiger partial charge on any atom is -0.308 e. The van der Waals surface area contributed by atoms with E-state index >= 15 is 0 Å². The van der Waals surface area contributed by atoms with Gasteiger partial charge >= 0.3 is 0 Å². The molecule has 0 saturated carbocycles. The maximum absolute atomic E-state index is 9.05. The molecule has 0 aliphatic carbocycles. The Morgan fingerprint density at radius 3 is 2.91 bits per heavy atom. The molecule has 2 heterocycles. The van der Waals surface area contributed by atoms with Gasteiger partial charge in [-0.25, -0.2) is 9.97 Å². The maximum atomic E-state index is 9.05. The summed E-state index contributed by atoms with van der Waals surface area (Å²) in [6.07, 6.45) is 3.84. The predicted molar refractivity (Wildman–Crippen MR) is 86.5 cm³/mol. The van der Waals surface area contributed by atoms with Gasteiger partial charge < -0.3 is 4.57 Å². The summed E-state index contributed by atoms with van der Waals surface area (Å²) in [5.74, 6) is 1.05. The van der Waals surface area contributed by atoms with E-state index in [-0.39, 0.29) is 0 Å². The number of rotatable bonds is 4. The molecule has 3 aromatic rings. The fourth-order valence-corrected chi connectivity index (χ4v) is 2.66. The molecule has 2 aromatic heterocycles. The Labute approximate surface area is 130 Å². The number of pyridine rings is 1. The van der Waals surface area contributed by atoms with E-state index in [4.69, 9.17) is 10.2 Å². The van der Waals surface area contributed by atoms with Crippen LogP contribution in [0.5, 0.6) is 0 Å². The largest absolute Gasteiger partial charge is 0.308 e. The number of aromatic nitrogens is 3. The van der Waals surface area contributed by atoms with Crippen molar-refractivity contribution < 1.29 is 0 Å². The second kappa shape index (κ2) is 5.98. The summed E-state index contributed by atoms with van der Waals surface area (Å²) in [6, 6.07) is 12.0. The van der Waals surface area contributed by atoms with Crippen LogP contribution in [0, 0.1) is 18.3 Å². The Morgan fingerprint density at radius 1 is 1.27 bits per heavy atom. The van der Waals surface area contributed by atoms with E-state index < -0.39 is 0 Å². The highest BCUT2D eigenvalue weighted by Crippen LogP contribution is 2.18. The van der Waals surface area contributed by atoms with Crippen molar-refractivity contribution in [3.05, 3.63) is 59.0 Å². The second-order valence-electron chi connectivity index (χ2n) is 5.53. The molecule has 0 N–H and O–H groups in total. The van der Waals surface area contributed by atoms with E-state index in [1.165, 1.54) is 0 Å². The van der Waals surface area contributed by atoms with Gasteiger partial charge in [0.25, 0.3) is 0 Å². The average Bonchev–Trinajstić information content (AvgIpc) is 2.84. The number of imidazole rings is 1. The molecule has 4 heteroatoms. The van der Waals surface area contributed by atoms with Crippen LogP contribution in [0.15, 0.2) is 36.5 Å². The third kappa shape index (κ3) is 2.71. The van der Waals surface area contributed by atoms with Gasteiger partial charge in [0, 0.05) is 12.6 Å². The van der Waals surface area contributed by atoms with Crippen molar-refractivity contribution in [2.24, 2.45) is 0 Å². The highest BCUT2D eigenvalue weighted by molar-refractivity contribution is 5.72. The van der Waals surface area contributed by atoms with Gasteiger partial charge in [-0.05, 0) is 42.7 Å². The number of hydrogen-bond donors (Lipinski definition) is 0. The average molecular weight is 290 g/mol. The minimum atomic E-state index is 0.683. The molecule has 1 aromatic carbocycles. The van der Waals surface area contributed by atoms with Crippen LogP contribution < -0.4 is 0 Å². The molecule has 0 saturated heterocycles. The van der Waals surface area contributed by atoms with Gasteiger partial charge in [0.2, 0.25) is 0 Å². The molecule has 3 rings (SSSR count). The molecule has 0 atom stereocenters. The van der Waals surface area contributed by atoms with Crippen molar-refractivity contribution in [1.29, 1.82) is 5.26 Å². The van der Waals surface area contributed by atoms with Crippen LogP contribution >= 0.6 is 0 Å². The molecule has 0 radical (unpaired) electrons. The normalized spacial score (nSPS) is 10.8. The van der Waals surface area contributed by atoms with Gasteiger partial charge in [-0.1, -0.05) is 19.1 Å². The Bertz CT molecular complexity index is 855. The number of hydrogen-bond acceptors (Lipinski definition) is 3. The lowest BCUT2D eigenvalue weighted by molar-refractivity contribution is 0.716. The molecule has 0 amide bonds. The number of nitriles is 1. The molecule has 0 bridgehead atoms. The molecule has 0 aliphatic heterocycles. The summed E-state index contributed by atoms with van der Waals surface area (Å²) in [5.41, 5.74) is 4.75. The highest BCUT2D eigenvalue weighted by atomic mass is 15.1. The van der Waals surface area contributed by atoms with Crippen molar-refractivity contribution in [3.8, 4) is 6.07 Å². The molecular weight excluding hydrogens is 272 g/mol. The van der Waals surface area contributed by atoms with E-state index in [1.54, 1.807) is 0 Å². The standard InChI is InChI=1S/C18H18N4/c1-3-5-17-21-16-8-13(2)11-20-18(16)22(17)12-15-7-4-6-14(9-15)10-19/h4,6-9,11H,3,5,12H2,1-2H3. The topological polar surface area (TPSA) is 54.5 Å². The van der Waals surface area contributed by atoms with Crippen molar-refractivity contribution in [1.82, 2.24) is 14.5 Å². The zero-order chi connectivity index (χ0) is 15.5. The van der Waals surface area contributed by atoms with E-state index in [0.29, 0.717) is 12.1 Å². The van der Waals surface area contributed by atoms with Gasteiger partial charge in [0.15, 0.2) is 5.65 Å². The van der Waals surface area contributed by atoms with Gasteiger partial charge in [-0.15, -0.1) is 0 Å². The third-order valence-corrected chi connectivity index (χ3v) is 3.67. The first-order valence-corrected chi connectivity index (χ1v) is 7.52. The summed E-state index contributed by atoms with van der Waals surface area (Å²) < 4.78 is 2.16. The van der Waals surface area contributed by atoms with Crippen molar-refractivity contribution in [3.63, 3.8) is 0 Å². The second-order valence-corrected chi connectivity index (χ2v) is 5.53. The van der Waals surface area contributed by atoms with Gasteiger partial charge in [0.05, 0.1) is 18.2 Å². The molecule has 0 aliphatic rings. The first kappa shape index (κ1) is 14.3. The monoisotopic (exact) mass is 290 g/mol. The predicted octanol–water partition coefficient (Wildman–Crippen LogP) is 3.61.